The lowest BCUT2D eigenvalue weighted by Crippen LogP contribution is -2.35. The summed E-state index contributed by atoms with van der Waals surface area (Å²) in [5, 5.41) is 18.7. The molecule has 0 heterocycles. The predicted octanol–water partition coefficient (Wildman–Crippen LogP) is 2.69. The van der Waals surface area contributed by atoms with E-state index in [1.165, 1.54) is 31.2 Å². The maximum absolute atomic E-state index is 11.6. The van der Waals surface area contributed by atoms with Gasteiger partial charge in [-0.05, 0) is 37.3 Å². The zero-order chi connectivity index (χ0) is 16.5. The Morgan fingerprint density at radius 1 is 1.32 bits per heavy atom. The molecule has 1 aromatic carbocycles. The molecule has 0 spiro atoms. The van der Waals surface area contributed by atoms with Crippen molar-refractivity contribution in [3.63, 3.8) is 0 Å². The van der Waals surface area contributed by atoms with Gasteiger partial charge in [-0.15, -0.1) is 0 Å². The van der Waals surface area contributed by atoms with Crippen molar-refractivity contribution in [1.82, 2.24) is 0 Å². The van der Waals surface area contributed by atoms with Crippen molar-refractivity contribution in [2.24, 2.45) is 5.41 Å². The molecule has 1 unspecified atom stereocenters. The summed E-state index contributed by atoms with van der Waals surface area (Å²) in [4.78, 5) is 22.6. The molecule has 0 aromatic heterocycles. The van der Waals surface area contributed by atoms with E-state index < -0.39 is 17.4 Å². The number of hydrogen-bond donors (Lipinski definition) is 3. The van der Waals surface area contributed by atoms with Gasteiger partial charge < -0.3 is 20.7 Å². The van der Waals surface area contributed by atoms with Crippen molar-refractivity contribution in [2.75, 3.05) is 5.73 Å². The first-order valence-electron chi connectivity index (χ1n) is 6.35. The Hall–Kier alpha value is -2.47. The van der Waals surface area contributed by atoms with E-state index >= 15 is 0 Å². The van der Waals surface area contributed by atoms with Crippen molar-refractivity contribution < 1.29 is 24.5 Å². The second-order valence-corrected chi connectivity index (χ2v) is 5.54. The van der Waals surface area contributed by atoms with E-state index in [-0.39, 0.29) is 28.5 Å². The van der Waals surface area contributed by atoms with E-state index in [2.05, 4.69) is 0 Å². The molecular weight excluding hydrogens is 310 g/mol. The molecule has 0 saturated carbocycles. The zero-order valence-electron chi connectivity index (χ0n) is 11.7. The van der Waals surface area contributed by atoms with Gasteiger partial charge in [0, 0.05) is 17.7 Å². The minimum atomic E-state index is -1.49. The molecule has 7 heteroatoms. The van der Waals surface area contributed by atoms with Crippen LogP contribution in [0.25, 0.3) is 0 Å². The quantitative estimate of drug-likeness (QED) is 0.735. The monoisotopic (exact) mass is 323 g/mol. The number of allylic oxidation sites excluding steroid dienone is 2. The van der Waals surface area contributed by atoms with Crippen LogP contribution < -0.4 is 10.5 Å². The van der Waals surface area contributed by atoms with Crippen LogP contribution in [0.1, 0.15) is 13.3 Å². The normalized spacial score (nSPS) is 20.8. The summed E-state index contributed by atoms with van der Waals surface area (Å²) in [7, 11) is 0. The molecule has 1 aliphatic carbocycles. The SMILES string of the molecule is CC1(C(=O)O)CC(C(=O)O)=CC=C1Oc1ccc(N)cc1Cl. The zero-order valence-corrected chi connectivity index (χ0v) is 12.4. The number of carboxylic acids is 2. The average molecular weight is 324 g/mol. The molecule has 0 aliphatic heterocycles. The van der Waals surface area contributed by atoms with Gasteiger partial charge in [-0.2, -0.15) is 0 Å². The first-order chi connectivity index (χ1) is 10.2. The number of nitrogens with two attached hydrogens (primary N) is 1. The van der Waals surface area contributed by atoms with Crippen LogP contribution in [0.15, 0.2) is 41.7 Å². The van der Waals surface area contributed by atoms with E-state index in [4.69, 9.17) is 27.2 Å². The molecule has 0 amide bonds. The van der Waals surface area contributed by atoms with Gasteiger partial charge in [0.25, 0.3) is 0 Å². The lowest BCUT2D eigenvalue weighted by molar-refractivity contribution is -0.147. The fraction of sp³-hybridized carbons (Fsp3) is 0.200. The van der Waals surface area contributed by atoms with Crippen LogP contribution in [-0.4, -0.2) is 22.2 Å². The molecule has 0 bridgehead atoms. The molecule has 4 N–H and O–H groups in total. The fourth-order valence-electron chi connectivity index (χ4n) is 2.08. The molecule has 1 aliphatic rings. The van der Waals surface area contributed by atoms with Crippen molar-refractivity contribution in [1.29, 1.82) is 0 Å². The van der Waals surface area contributed by atoms with Gasteiger partial charge in [-0.1, -0.05) is 11.6 Å². The number of hydrogen-bond acceptors (Lipinski definition) is 4. The lowest BCUT2D eigenvalue weighted by atomic mass is 9.78. The Bertz CT molecular complexity index is 710. The number of ether oxygens (including phenoxy) is 1. The molecule has 22 heavy (non-hydrogen) atoms. The van der Waals surface area contributed by atoms with E-state index in [1.54, 1.807) is 6.07 Å². The first kappa shape index (κ1) is 15.9. The molecule has 6 nitrogen and oxygen atoms in total. The summed E-state index contributed by atoms with van der Waals surface area (Å²) in [5.74, 6) is -1.98. The minimum Gasteiger partial charge on any atom is -0.480 e. The number of halogens is 1. The number of nitrogen functional groups attached to an aromatic ring is 1. The third-order valence-electron chi connectivity index (χ3n) is 3.45. The van der Waals surface area contributed by atoms with E-state index in [9.17, 15) is 14.7 Å². The standard InChI is InChI=1S/C15H14ClNO5/c1-15(14(20)21)7-8(13(18)19)2-5-12(15)22-11-4-3-9(17)6-10(11)16/h2-6H,7,17H2,1H3,(H,18,19)(H,20,21). The number of anilines is 1. The van der Waals surface area contributed by atoms with Crippen LogP contribution in [0.2, 0.25) is 5.02 Å². The third-order valence-corrected chi connectivity index (χ3v) is 3.74. The predicted molar refractivity (Wildman–Crippen MR) is 80.7 cm³/mol. The maximum atomic E-state index is 11.6. The maximum Gasteiger partial charge on any atom is 0.331 e. The van der Waals surface area contributed by atoms with Crippen molar-refractivity contribution in [3.8, 4) is 5.75 Å². The van der Waals surface area contributed by atoms with Gasteiger partial charge in [0.1, 0.15) is 16.9 Å². The molecular formula is C15H14ClNO5. The number of rotatable bonds is 4. The Labute approximate surface area is 131 Å². The van der Waals surface area contributed by atoms with Crippen molar-refractivity contribution in [2.45, 2.75) is 13.3 Å². The van der Waals surface area contributed by atoms with Gasteiger partial charge in [-0.3, -0.25) is 4.79 Å². The van der Waals surface area contributed by atoms with Gasteiger partial charge in [0.2, 0.25) is 0 Å². The molecule has 2 rings (SSSR count). The van der Waals surface area contributed by atoms with E-state index in [1.807, 2.05) is 0 Å². The minimum absolute atomic E-state index is 0.000605. The Kier molecular flexibility index (Phi) is 4.14. The summed E-state index contributed by atoms with van der Waals surface area (Å²) in [6, 6.07) is 4.58. The van der Waals surface area contributed by atoms with Crippen molar-refractivity contribution >= 4 is 29.2 Å². The van der Waals surface area contributed by atoms with Gasteiger partial charge in [0.05, 0.1) is 5.02 Å². The largest absolute Gasteiger partial charge is 0.480 e. The first-order valence-corrected chi connectivity index (χ1v) is 6.73. The van der Waals surface area contributed by atoms with E-state index in [0.717, 1.165) is 0 Å². The highest BCUT2D eigenvalue weighted by Crippen LogP contribution is 2.40. The van der Waals surface area contributed by atoms with Crippen LogP contribution >= 0.6 is 11.6 Å². The molecule has 1 aromatic rings. The summed E-state index contributed by atoms with van der Waals surface area (Å²) >= 11 is 6.01. The third kappa shape index (κ3) is 2.92. The van der Waals surface area contributed by atoms with Crippen LogP contribution in [0, 0.1) is 5.41 Å². The molecule has 0 fully saturated rings. The fourth-order valence-corrected chi connectivity index (χ4v) is 2.31. The van der Waals surface area contributed by atoms with Crippen LogP contribution in [0.3, 0.4) is 0 Å². The average Bonchev–Trinajstić information content (AvgIpc) is 2.43. The molecule has 0 radical (unpaired) electrons. The topological polar surface area (TPSA) is 110 Å². The van der Waals surface area contributed by atoms with Crippen LogP contribution in [-0.2, 0) is 9.59 Å². The van der Waals surface area contributed by atoms with Gasteiger partial charge in [0.15, 0.2) is 0 Å². The summed E-state index contributed by atoms with van der Waals surface area (Å²) in [6.45, 7) is 1.41. The van der Waals surface area contributed by atoms with E-state index in [0.29, 0.717) is 5.69 Å². The Balaban J connectivity index is 2.41. The second kappa shape index (κ2) is 5.73. The summed E-state index contributed by atoms with van der Waals surface area (Å²) in [6.07, 6.45) is 2.48. The van der Waals surface area contributed by atoms with Gasteiger partial charge in [-0.25, -0.2) is 4.79 Å². The number of aliphatic carboxylic acids is 2. The lowest BCUT2D eigenvalue weighted by Gasteiger charge is -2.30. The van der Waals surface area contributed by atoms with Crippen LogP contribution in [0.4, 0.5) is 5.69 Å². The Morgan fingerprint density at radius 3 is 2.55 bits per heavy atom. The molecule has 1 atom stereocenters. The second-order valence-electron chi connectivity index (χ2n) is 5.13. The number of benzene rings is 1. The highest BCUT2D eigenvalue weighted by atomic mass is 35.5. The van der Waals surface area contributed by atoms with Gasteiger partial charge >= 0.3 is 11.9 Å². The summed E-state index contributed by atoms with van der Waals surface area (Å²) < 4.78 is 5.60. The Morgan fingerprint density at radius 2 is 2.00 bits per heavy atom. The van der Waals surface area contributed by atoms with Crippen LogP contribution in [0.5, 0.6) is 5.75 Å². The number of carboxylic acid groups (broad SMARTS) is 2. The highest BCUT2D eigenvalue weighted by Gasteiger charge is 2.43. The highest BCUT2D eigenvalue weighted by molar-refractivity contribution is 6.32. The van der Waals surface area contributed by atoms with Crippen molar-refractivity contribution in [3.05, 3.63) is 46.7 Å². The smallest absolute Gasteiger partial charge is 0.331 e. The molecule has 0 saturated heterocycles. The molecule has 116 valence electrons. The summed E-state index contributed by atoms with van der Waals surface area (Å²) in [5.41, 5.74) is 4.55. The number of carbonyl (C=O) groups is 2.